The van der Waals surface area contributed by atoms with Crippen molar-refractivity contribution in [3.8, 4) is 0 Å². The zero-order valence-electron chi connectivity index (χ0n) is 10.5. The predicted molar refractivity (Wildman–Crippen MR) is 63.7 cm³/mol. The third-order valence-corrected chi connectivity index (χ3v) is 3.48. The Kier molecular flexibility index (Phi) is 5.13. The maximum Gasteiger partial charge on any atom is 0.225 e. The Morgan fingerprint density at radius 1 is 1.47 bits per heavy atom. The molecule has 0 bridgehead atoms. The minimum atomic E-state index is 0.287. The second kappa shape index (κ2) is 6.14. The van der Waals surface area contributed by atoms with Crippen molar-refractivity contribution >= 4 is 5.91 Å². The first-order chi connectivity index (χ1) is 7.19. The molecule has 1 saturated heterocycles. The van der Waals surface area contributed by atoms with Crippen LogP contribution < -0.4 is 0 Å². The molecule has 2 nitrogen and oxygen atoms in total. The number of unbranched alkanes of at least 4 members (excludes halogenated alkanes) is 1. The fourth-order valence-corrected chi connectivity index (χ4v) is 2.35. The molecule has 0 aromatic carbocycles. The lowest BCUT2D eigenvalue weighted by atomic mass is 9.98. The van der Waals surface area contributed by atoms with E-state index in [2.05, 4.69) is 25.7 Å². The van der Waals surface area contributed by atoms with E-state index in [4.69, 9.17) is 0 Å². The van der Waals surface area contributed by atoms with E-state index in [-0.39, 0.29) is 5.92 Å². The summed E-state index contributed by atoms with van der Waals surface area (Å²) in [5, 5.41) is 0. The molecule has 2 unspecified atom stereocenters. The van der Waals surface area contributed by atoms with Crippen LogP contribution >= 0.6 is 0 Å². The molecule has 2 atom stereocenters. The molecule has 2 heteroatoms. The highest BCUT2D eigenvalue weighted by atomic mass is 16.2. The van der Waals surface area contributed by atoms with E-state index in [1.54, 1.807) is 0 Å². The number of likely N-dealkylation sites (tertiary alicyclic amines) is 1. The summed E-state index contributed by atoms with van der Waals surface area (Å²) in [6, 6.07) is 0. The van der Waals surface area contributed by atoms with Crippen molar-refractivity contribution in [1.82, 2.24) is 4.90 Å². The number of carbonyl (C=O) groups excluding carboxylic acids is 1. The molecule has 0 spiro atoms. The van der Waals surface area contributed by atoms with E-state index in [1.165, 1.54) is 19.3 Å². The largest absolute Gasteiger partial charge is 0.342 e. The van der Waals surface area contributed by atoms with Gasteiger partial charge in [0.05, 0.1) is 0 Å². The van der Waals surface area contributed by atoms with Gasteiger partial charge in [0.1, 0.15) is 0 Å². The van der Waals surface area contributed by atoms with E-state index in [0.717, 1.165) is 25.9 Å². The molecule has 1 rings (SSSR count). The number of hydrogen-bond donors (Lipinski definition) is 0. The number of rotatable bonds is 5. The van der Waals surface area contributed by atoms with Crippen LogP contribution in [-0.2, 0) is 4.79 Å². The third-order valence-electron chi connectivity index (χ3n) is 3.48. The summed E-state index contributed by atoms with van der Waals surface area (Å²) in [7, 11) is 0. The molecule has 88 valence electrons. The summed E-state index contributed by atoms with van der Waals surface area (Å²) in [6.45, 7) is 8.54. The monoisotopic (exact) mass is 211 g/mol. The van der Waals surface area contributed by atoms with Crippen LogP contribution in [0.3, 0.4) is 0 Å². The van der Waals surface area contributed by atoms with Crippen LogP contribution in [0.15, 0.2) is 0 Å². The van der Waals surface area contributed by atoms with Gasteiger partial charge in [-0.1, -0.05) is 33.6 Å². The van der Waals surface area contributed by atoms with E-state index >= 15 is 0 Å². The quantitative estimate of drug-likeness (QED) is 0.684. The minimum absolute atomic E-state index is 0.287. The maximum absolute atomic E-state index is 12.2. The van der Waals surface area contributed by atoms with Crippen molar-refractivity contribution < 1.29 is 4.79 Å². The highest BCUT2D eigenvalue weighted by Crippen LogP contribution is 2.21. The molecule has 1 aliphatic rings. The second-order valence-electron chi connectivity index (χ2n) is 4.93. The first-order valence-corrected chi connectivity index (χ1v) is 6.47. The predicted octanol–water partition coefficient (Wildman–Crippen LogP) is 3.07. The van der Waals surface area contributed by atoms with Gasteiger partial charge in [-0.3, -0.25) is 4.79 Å². The van der Waals surface area contributed by atoms with E-state index in [1.807, 2.05) is 0 Å². The summed E-state index contributed by atoms with van der Waals surface area (Å²) in [5.41, 5.74) is 0. The molecule has 1 aliphatic heterocycles. The molecule has 1 amide bonds. The highest BCUT2D eigenvalue weighted by molar-refractivity contribution is 5.79. The van der Waals surface area contributed by atoms with Gasteiger partial charge in [-0.2, -0.15) is 0 Å². The molecule has 0 N–H and O–H groups in total. The first kappa shape index (κ1) is 12.5. The number of carbonyl (C=O) groups is 1. The number of nitrogens with zero attached hydrogens (tertiary/aromatic N) is 1. The van der Waals surface area contributed by atoms with Gasteiger partial charge >= 0.3 is 0 Å². The Morgan fingerprint density at radius 2 is 2.20 bits per heavy atom. The fraction of sp³-hybridized carbons (Fsp3) is 0.923. The number of hydrogen-bond acceptors (Lipinski definition) is 1. The smallest absolute Gasteiger partial charge is 0.225 e. The second-order valence-corrected chi connectivity index (χ2v) is 4.93. The molecule has 0 saturated carbocycles. The van der Waals surface area contributed by atoms with Crippen molar-refractivity contribution in [3.05, 3.63) is 0 Å². The molecular formula is C13H25NO. The van der Waals surface area contributed by atoms with Crippen LogP contribution in [0.25, 0.3) is 0 Å². The van der Waals surface area contributed by atoms with Crippen LogP contribution in [0, 0.1) is 11.8 Å². The van der Waals surface area contributed by atoms with Crippen molar-refractivity contribution in [3.63, 3.8) is 0 Å². The van der Waals surface area contributed by atoms with Gasteiger partial charge in [-0.15, -0.1) is 0 Å². The summed E-state index contributed by atoms with van der Waals surface area (Å²) < 4.78 is 0. The lowest BCUT2D eigenvalue weighted by Crippen LogP contribution is -2.34. The SMILES string of the molecule is CCCCC(CC)C(=O)N1CCC(C)C1. The van der Waals surface area contributed by atoms with Gasteiger partial charge < -0.3 is 4.90 Å². The maximum atomic E-state index is 12.2. The van der Waals surface area contributed by atoms with Crippen LogP contribution in [0.2, 0.25) is 0 Å². The summed E-state index contributed by atoms with van der Waals surface area (Å²) in [6.07, 6.45) is 5.66. The lowest BCUT2D eigenvalue weighted by Gasteiger charge is -2.22. The Bertz CT molecular complexity index is 203. The fourth-order valence-electron chi connectivity index (χ4n) is 2.35. The van der Waals surface area contributed by atoms with Gasteiger partial charge in [0.2, 0.25) is 5.91 Å². The molecule has 15 heavy (non-hydrogen) atoms. The van der Waals surface area contributed by atoms with Gasteiger partial charge in [0.15, 0.2) is 0 Å². The minimum Gasteiger partial charge on any atom is -0.342 e. The highest BCUT2D eigenvalue weighted by Gasteiger charge is 2.27. The van der Waals surface area contributed by atoms with E-state index < -0.39 is 0 Å². The van der Waals surface area contributed by atoms with Gasteiger partial charge in [-0.25, -0.2) is 0 Å². The molecule has 0 radical (unpaired) electrons. The molecule has 1 fully saturated rings. The Morgan fingerprint density at radius 3 is 2.67 bits per heavy atom. The van der Waals surface area contributed by atoms with Crippen LogP contribution in [-0.4, -0.2) is 23.9 Å². The Balaban J connectivity index is 2.42. The van der Waals surface area contributed by atoms with Gasteiger partial charge in [-0.05, 0) is 25.2 Å². The Hall–Kier alpha value is -0.530. The van der Waals surface area contributed by atoms with Gasteiger partial charge in [0.25, 0.3) is 0 Å². The molecular weight excluding hydrogens is 186 g/mol. The molecule has 0 aromatic rings. The van der Waals surface area contributed by atoms with Crippen molar-refractivity contribution in [2.24, 2.45) is 11.8 Å². The van der Waals surface area contributed by atoms with Crippen LogP contribution in [0.5, 0.6) is 0 Å². The van der Waals surface area contributed by atoms with Crippen molar-refractivity contribution in [1.29, 1.82) is 0 Å². The average molecular weight is 211 g/mol. The van der Waals surface area contributed by atoms with Crippen molar-refractivity contribution in [2.75, 3.05) is 13.1 Å². The standard InChI is InChI=1S/C13H25NO/c1-4-6-7-12(5-2)13(15)14-9-8-11(3)10-14/h11-12H,4-10H2,1-3H3. The summed E-state index contributed by atoms with van der Waals surface area (Å²) >= 11 is 0. The normalized spacial score (nSPS) is 23.1. The Labute approximate surface area is 94.0 Å². The van der Waals surface area contributed by atoms with E-state index in [0.29, 0.717) is 11.8 Å². The van der Waals surface area contributed by atoms with Gasteiger partial charge in [0, 0.05) is 19.0 Å². The van der Waals surface area contributed by atoms with Crippen LogP contribution in [0.4, 0.5) is 0 Å². The average Bonchev–Trinajstić information content (AvgIpc) is 2.65. The topological polar surface area (TPSA) is 20.3 Å². The lowest BCUT2D eigenvalue weighted by molar-refractivity contribution is -0.134. The molecule has 1 heterocycles. The van der Waals surface area contributed by atoms with Crippen LogP contribution in [0.1, 0.15) is 52.9 Å². The number of amides is 1. The first-order valence-electron chi connectivity index (χ1n) is 6.47. The molecule has 0 aromatic heterocycles. The summed E-state index contributed by atoms with van der Waals surface area (Å²) in [5.74, 6) is 1.41. The zero-order valence-corrected chi connectivity index (χ0v) is 10.5. The zero-order chi connectivity index (χ0) is 11.3. The van der Waals surface area contributed by atoms with E-state index in [9.17, 15) is 4.79 Å². The third kappa shape index (κ3) is 3.51. The summed E-state index contributed by atoms with van der Waals surface area (Å²) in [4.78, 5) is 14.2. The molecule has 0 aliphatic carbocycles. The van der Waals surface area contributed by atoms with Crippen molar-refractivity contribution in [2.45, 2.75) is 52.9 Å².